The number of rotatable bonds is 5. The SMILES string of the molecule is CC(C)c1ccc(C(=O)C2(C)CC2)cc1N(C)C(=N)C1CC2CCC1C2. The van der Waals surface area contributed by atoms with Gasteiger partial charge < -0.3 is 4.90 Å². The third-order valence-corrected chi connectivity index (χ3v) is 7.27. The van der Waals surface area contributed by atoms with E-state index in [1.807, 2.05) is 13.1 Å². The summed E-state index contributed by atoms with van der Waals surface area (Å²) in [6.45, 7) is 6.46. The molecule has 4 rings (SSSR count). The largest absolute Gasteiger partial charge is 0.333 e. The molecule has 1 aromatic carbocycles. The molecule has 3 heteroatoms. The number of carbonyl (C=O) groups excluding carboxylic acids is 1. The van der Waals surface area contributed by atoms with Crippen molar-refractivity contribution in [3.8, 4) is 0 Å². The van der Waals surface area contributed by atoms with Gasteiger partial charge in [-0.2, -0.15) is 0 Å². The standard InChI is InChI=1S/C23H32N2O/c1-14(2)18-8-7-17(21(26)23(3)9-10-23)13-20(18)25(4)22(24)19-12-15-5-6-16(19)11-15/h7-8,13-16,19,24H,5-6,9-12H2,1-4H3. The Morgan fingerprint density at radius 2 is 1.96 bits per heavy atom. The van der Waals surface area contributed by atoms with Gasteiger partial charge in [-0.3, -0.25) is 10.2 Å². The van der Waals surface area contributed by atoms with Crippen molar-refractivity contribution in [2.24, 2.45) is 23.2 Å². The second-order valence-corrected chi connectivity index (χ2v) is 9.54. The lowest BCUT2D eigenvalue weighted by atomic mass is 9.86. The van der Waals surface area contributed by atoms with Gasteiger partial charge in [0.05, 0.1) is 0 Å². The second kappa shape index (κ2) is 6.21. The van der Waals surface area contributed by atoms with Gasteiger partial charge in [0.15, 0.2) is 5.78 Å². The molecule has 3 aliphatic rings. The Hall–Kier alpha value is -1.64. The van der Waals surface area contributed by atoms with Gasteiger partial charge in [-0.05, 0) is 61.5 Å². The van der Waals surface area contributed by atoms with Gasteiger partial charge in [-0.25, -0.2) is 0 Å². The van der Waals surface area contributed by atoms with Crippen LogP contribution < -0.4 is 4.90 Å². The van der Waals surface area contributed by atoms with E-state index in [0.29, 0.717) is 17.8 Å². The summed E-state index contributed by atoms with van der Waals surface area (Å²) in [4.78, 5) is 14.9. The number of fused-ring (bicyclic) bond motifs is 2. The normalized spacial score (nSPS) is 28.4. The summed E-state index contributed by atoms with van der Waals surface area (Å²) in [5.41, 5.74) is 2.96. The fourth-order valence-electron chi connectivity index (χ4n) is 5.18. The highest BCUT2D eigenvalue weighted by atomic mass is 16.1. The number of hydrogen-bond acceptors (Lipinski definition) is 2. The van der Waals surface area contributed by atoms with Gasteiger partial charge >= 0.3 is 0 Å². The number of amidine groups is 1. The van der Waals surface area contributed by atoms with Crippen LogP contribution in [0.3, 0.4) is 0 Å². The maximum Gasteiger partial charge on any atom is 0.168 e. The lowest BCUT2D eigenvalue weighted by Gasteiger charge is -2.31. The number of anilines is 1. The maximum atomic E-state index is 12.8. The van der Waals surface area contributed by atoms with Crippen LogP contribution in [0.2, 0.25) is 0 Å². The highest BCUT2D eigenvalue weighted by Gasteiger charge is 2.45. The number of hydrogen-bond donors (Lipinski definition) is 1. The molecule has 0 spiro atoms. The van der Waals surface area contributed by atoms with Gasteiger partial charge in [-0.1, -0.05) is 39.3 Å². The van der Waals surface area contributed by atoms with Gasteiger partial charge in [0, 0.05) is 29.6 Å². The van der Waals surface area contributed by atoms with Gasteiger partial charge in [0.1, 0.15) is 5.84 Å². The quantitative estimate of drug-likeness (QED) is 0.423. The molecule has 0 heterocycles. The van der Waals surface area contributed by atoms with Crippen LogP contribution in [0, 0.1) is 28.6 Å². The molecule has 1 aromatic rings. The summed E-state index contributed by atoms with van der Waals surface area (Å²) < 4.78 is 0. The molecule has 0 amide bonds. The fourth-order valence-corrected chi connectivity index (χ4v) is 5.18. The van der Waals surface area contributed by atoms with Crippen molar-refractivity contribution in [3.63, 3.8) is 0 Å². The first-order valence-corrected chi connectivity index (χ1v) is 10.3. The zero-order valence-electron chi connectivity index (χ0n) is 16.6. The van der Waals surface area contributed by atoms with Crippen LogP contribution in [0.4, 0.5) is 5.69 Å². The minimum atomic E-state index is -0.146. The third-order valence-electron chi connectivity index (χ3n) is 7.27. The molecule has 1 N–H and O–H groups in total. The molecular weight excluding hydrogens is 320 g/mol. The van der Waals surface area contributed by atoms with E-state index >= 15 is 0 Å². The average Bonchev–Trinajstić information content (AvgIpc) is 3.07. The van der Waals surface area contributed by atoms with Crippen LogP contribution in [-0.2, 0) is 0 Å². The molecule has 2 bridgehead atoms. The van der Waals surface area contributed by atoms with E-state index in [0.717, 1.165) is 35.8 Å². The highest BCUT2D eigenvalue weighted by Crippen LogP contribution is 2.50. The summed E-state index contributed by atoms with van der Waals surface area (Å²) in [5.74, 6) is 3.34. The van der Waals surface area contributed by atoms with E-state index in [-0.39, 0.29) is 11.2 Å². The molecule has 140 valence electrons. The van der Waals surface area contributed by atoms with Crippen molar-refractivity contribution >= 4 is 17.3 Å². The molecule has 3 saturated carbocycles. The second-order valence-electron chi connectivity index (χ2n) is 9.54. The van der Waals surface area contributed by atoms with E-state index in [4.69, 9.17) is 5.41 Å². The van der Waals surface area contributed by atoms with Crippen LogP contribution >= 0.6 is 0 Å². The monoisotopic (exact) mass is 352 g/mol. The minimum absolute atomic E-state index is 0.146. The minimum Gasteiger partial charge on any atom is -0.333 e. The number of Topliss-reactive ketones (excluding diaryl/α,β-unsaturated/α-hetero) is 1. The summed E-state index contributed by atoms with van der Waals surface area (Å²) in [7, 11) is 2.03. The summed E-state index contributed by atoms with van der Waals surface area (Å²) in [6.07, 6.45) is 7.15. The number of nitrogens with zero attached hydrogens (tertiary/aromatic N) is 1. The Labute approximate surface area is 157 Å². The topological polar surface area (TPSA) is 44.2 Å². The fraction of sp³-hybridized carbons (Fsp3) is 0.652. The lowest BCUT2D eigenvalue weighted by molar-refractivity contribution is 0.0912. The van der Waals surface area contributed by atoms with Crippen molar-refractivity contribution in [3.05, 3.63) is 29.3 Å². The molecule has 3 fully saturated rings. The van der Waals surface area contributed by atoms with Gasteiger partial charge in [-0.15, -0.1) is 0 Å². The number of ketones is 1. The molecule has 3 atom stereocenters. The van der Waals surface area contributed by atoms with Gasteiger partial charge in [0.25, 0.3) is 0 Å². The molecule has 26 heavy (non-hydrogen) atoms. The lowest BCUT2D eigenvalue weighted by Crippen LogP contribution is -2.35. The molecule has 0 aromatic heterocycles. The number of nitrogens with one attached hydrogen (secondary N) is 1. The van der Waals surface area contributed by atoms with E-state index in [1.165, 1.54) is 31.2 Å². The van der Waals surface area contributed by atoms with Crippen molar-refractivity contribution in [1.82, 2.24) is 0 Å². The molecule has 0 radical (unpaired) electrons. The van der Waals surface area contributed by atoms with Crippen LogP contribution in [0.25, 0.3) is 0 Å². The zero-order valence-corrected chi connectivity index (χ0v) is 16.6. The predicted molar refractivity (Wildman–Crippen MR) is 107 cm³/mol. The summed E-state index contributed by atoms with van der Waals surface area (Å²) in [5, 5.41) is 8.88. The average molecular weight is 353 g/mol. The summed E-state index contributed by atoms with van der Waals surface area (Å²) >= 11 is 0. The number of carbonyl (C=O) groups is 1. The Kier molecular flexibility index (Phi) is 4.24. The van der Waals surface area contributed by atoms with E-state index in [2.05, 4.69) is 37.8 Å². The van der Waals surface area contributed by atoms with E-state index in [1.54, 1.807) is 0 Å². The highest BCUT2D eigenvalue weighted by molar-refractivity contribution is 6.04. The van der Waals surface area contributed by atoms with Crippen molar-refractivity contribution < 1.29 is 4.79 Å². The third kappa shape index (κ3) is 2.90. The van der Waals surface area contributed by atoms with Crippen molar-refractivity contribution in [2.45, 2.75) is 65.2 Å². The number of benzene rings is 1. The van der Waals surface area contributed by atoms with Gasteiger partial charge in [0.2, 0.25) is 0 Å². The molecule has 0 saturated heterocycles. The van der Waals surface area contributed by atoms with Crippen LogP contribution in [0.15, 0.2) is 18.2 Å². The Balaban J connectivity index is 1.64. The van der Waals surface area contributed by atoms with Crippen molar-refractivity contribution in [2.75, 3.05) is 11.9 Å². The Morgan fingerprint density at radius 1 is 1.23 bits per heavy atom. The Morgan fingerprint density at radius 3 is 2.50 bits per heavy atom. The molecule has 3 unspecified atom stereocenters. The summed E-state index contributed by atoms with van der Waals surface area (Å²) in [6, 6.07) is 6.17. The van der Waals surface area contributed by atoms with E-state index < -0.39 is 0 Å². The molecular formula is C23H32N2O. The predicted octanol–water partition coefficient (Wildman–Crippen LogP) is 5.64. The molecule has 0 aliphatic heterocycles. The van der Waals surface area contributed by atoms with E-state index in [9.17, 15) is 4.79 Å². The van der Waals surface area contributed by atoms with Crippen LogP contribution in [-0.4, -0.2) is 18.7 Å². The zero-order chi connectivity index (χ0) is 18.6. The van der Waals surface area contributed by atoms with Crippen LogP contribution in [0.5, 0.6) is 0 Å². The maximum absolute atomic E-state index is 12.8. The first kappa shape index (κ1) is 17.8. The van der Waals surface area contributed by atoms with Crippen LogP contribution in [0.1, 0.15) is 81.1 Å². The van der Waals surface area contributed by atoms with Crippen molar-refractivity contribution in [1.29, 1.82) is 5.41 Å². The molecule has 3 nitrogen and oxygen atoms in total. The molecule has 3 aliphatic carbocycles. The smallest absolute Gasteiger partial charge is 0.168 e. The first-order chi connectivity index (χ1) is 12.3. The first-order valence-electron chi connectivity index (χ1n) is 10.3. The Bertz CT molecular complexity index is 747.